The van der Waals surface area contributed by atoms with E-state index in [2.05, 4.69) is 10.4 Å². The Morgan fingerprint density at radius 1 is 1.23 bits per heavy atom. The summed E-state index contributed by atoms with van der Waals surface area (Å²) in [7, 11) is 1.50. The van der Waals surface area contributed by atoms with E-state index in [0.717, 1.165) is 4.68 Å². The average molecular weight is 371 g/mol. The summed E-state index contributed by atoms with van der Waals surface area (Å²) in [5.74, 6) is -0.654. The van der Waals surface area contributed by atoms with Gasteiger partial charge in [0, 0.05) is 17.8 Å². The van der Waals surface area contributed by atoms with E-state index in [0.29, 0.717) is 16.5 Å². The molecule has 3 rings (SSSR count). The molecule has 2 aromatic carbocycles. The number of carbonyl (C=O) groups excluding carboxylic acids is 1. The summed E-state index contributed by atoms with van der Waals surface area (Å²) in [6.07, 6.45) is 1.39. The van der Waals surface area contributed by atoms with Crippen LogP contribution in [0, 0.1) is 0 Å². The van der Waals surface area contributed by atoms with Crippen molar-refractivity contribution in [2.24, 2.45) is 7.05 Å². The molecule has 0 aliphatic heterocycles. The third-order valence-corrected chi connectivity index (χ3v) is 3.76. The molecule has 0 saturated heterocycles. The summed E-state index contributed by atoms with van der Waals surface area (Å²) in [5, 5.41) is 18.4. The van der Waals surface area contributed by atoms with Crippen LogP contribution in [0.1, 0.15) is 10.4 Å². The Kier molecular flexibility index (Phi) is 4.90. The minimum absolute atomic E-state index is 0.0129. The van der Waals surface area contributed by atoms with Gasteiger partial charge in [-0.05, 0) is 42.0 Å². The first-order valence-corrected chi connectivity index (χ1v) is 7.90. The minimum Gasteiger partial charge on any atom is -0.545 e. The van der Waals surface area contributed by atoms with Gasteiger partial charge in [0.05, 0.1) is 12.2 Å². The van der Waals surface area contributed by atoms with Crippen LogP contribution in [0.15, 0.2) is 59.5 Å². The second-order valence-corrected chi connectivity index (χ2v) is 5.80. The third-order valence-electron chi connectivity index (χ3n) is 3.51. The quantitative estimate of drug-likeness (QED) is 0.740. The number of aryl methyl sites for hydroxylation is 1. The molecule has 26 heavy (non-hydrogen) atoms. The molecule has 0 amide bonds. The molecule has 0 aliphatic carbocycles. The molecule has 0 atom stereocenters. The maximum absolute atomic E-state index is 12.5. The van der Waals surface area contributed by atoms with Crippen molar-refractivity contribution in [3.05, 3.63) is 75.7 Å². The molecule has 0 bridgehead atoms. The van der Waals surface area contributed by atoms with Gasteiger partial charge >= 0.3 is 0 Å². The van der Waals surface area contributed by atoms with E-state index < -0.39 is 11.5 Å². The van der Waals surface area contributed by atoms with E-state index in [9.17, 15) is 14.7 Å². The summed E-state index contributed by atoms with van der Waals surface area (Å²) in [6.45, 7) is 0. The molecule has 0 unspecified atom stereocenters. The van der Waals surface area contributed by atoms with E-state index >= 15 is 0 Å². The van der Waals surface area contributed by atoms with Crippen LogP contribution in [0.5, 0.6) is 11.5 Å². The molecule has 1 aromatic heterocycles. The summed E-state index contributed by atoms with van der Waals surface area (Å²) >= 11 is 5.85. The molecule has 0 saturated carbocycles. The number of carbonyl (C=O) groups is 1. The van der Waals surface area contributed by atoms with Crippen LogP contribution < -0.4 is 20.7 Å². The average Bonchev–Trinajstić information content (AvgIpc) is 2.63. The lowest BCUT2D eigenvalue weighted by Crippen LogP contribution is -2.23. The summed E-state index contributed by atoms with van der Waals surface area (Å²) < 4.78 is 6.86. The van der Waals surface area contributed by atoms with Crippen molar-refractivity contribution in [3.8, 4) is 11.5 Å². The predicted molar refractivity (Wildman–Crippen MR) is 95.1 cm³/mol. The van der Waals surface area contributed by atoms with E-state index in [1.807, 2.05) is 0 Å². The van der Waals surface area contributed by atoms with Crippen molar-refractivity contribution in [2.45, 2.75) is 0 Å². The van der Waals surface area contributed by atoms with Crippen LogP contribution in [0.25, 0.3) is 0 Å². The Hall–Kier alpha value is -3.32. The van der Waals surface area contributed by atoms with Crippen molar-refractivity contribution in [1.29, 1.82) is 0 Å². The lowest BCUT2D eigenvalue weighted by molar-refractivity contribution is -0.255. The highest BCUT2D eigenvalue weighted by Crippen LogP contribution is 2.29. The summed E-state index contributed by atoms with van der Waals surface area (Å²) in [6, 6.07) is 12.5. The van der Waals surface area contributed by atoms with E-state index in [1.54, 1.807) is 36.4 Å². The number of nitrogens with one attached hydrogen (secondary N) is 1. The number of rotatable bonds is 5. The predicted octanol–water partition coefficient (Wildman–Crippen LogP) is 2.33. The zero-order valence-electron chi connectivity index (χ0n) is 13.6. The Morgan fingerprint density at radius 2 is 1.96 bits per heavy atom. The number of ether oxygens (including phenoxy) is 1. The molecule has 8 heteroatoms. The van der Waals surface area contributed by atoms with Crippen LogP contribution in [-0.2, 0) is 7.05 Å². The van der Waals surface area contributed by atoms with Crippen LogP contribution in [-0.4, -0.2) is 15.7 Å². The smallest absolute Gasteiger partial charge is 0.294 e. The van der Waals surface area contributed by atoms with Crippen LogP contribution in [0.4, 0.5) is 11.4 Å². The van der Waals surface area contributed by atoms with Gasteiger partial charge in [-0.1, -0.05) is 23.7 Å². The number of halogens is 1. The zero-order valence-corrected chi connectivity index (χ0v) is 14.4. The Balaban J connectivity index is 1.98. The highest BCUT2D eigenvalue weighted by atomic mass is 35.5. The molecule has 0 fully saturated rings. The summed E-state index contributed by atoms with van der Waals surface area (Å²) in [4.78, 5) is 23.5. The van der Waals surface area contributed by atoms with Gasteiger partial charge < -0.3 is 20.0 Å². The number of carboxylic acid groups (broad SMARTS) is 1. The van der Waals surface area contributed by atoms with Crippen molar-refractivity contribution >= 4 is 28.9 Å². The van der Waals surface area contributed by atoms with Gasteiger partial charge in [0.1, 0.15) is 5.75 Å². The molecule has 1 heterocycles. The van der Waals surface area contributed by atoms with Gasteiger partial charge in [-0.3, -0.25) is 4.79 Å². The van der Waals surface area contributed by atoms with Gasteiger partial charge in [0.25, 0.3) is 5.56 Å². The van der Waals surface area contributed by atoms with E-state index in [-0.39, 0.29) is 17.0 Å². The SMILES string of the molecule is Cn1ncc(Oc2ccc(Cl)cc2)c(Nc2cccc(C(=O)[O-])c2)c1=O. The molecule has 0 aliphatic rings. The van der Waals surface area contributed by atoms with Crippen molar-refractivity contribution < 1.29 is 14.6 Å². The first kappa shape index (κ1) is 17.5. The molecule has 132 valence electrons. The highest BCUT2D eigenvalue weighted by Gasteiger charge is 2.13. The highest BCUT2D eigenvalue weighted by molar-refractivity contribution is 6.30. The lowest BCUT2D eigenvalue weighted by atomic mass is 10.2. The number of aromatic nitrogens is 2. The Morgan fingerprint density at radius 3 is 2.65 bits per heavy atom. The molecule has 7 nitrogen and oxygen atoms in total. The van der Waals surface area contributed by atoms with E-state index in [4.69, 9.17) is 16.3 Å². The number of nitrogens with zero attached hydrogens (tertiary/aromatic N) is 2. The van der Waals surface area contributed by atoms with Crippen LogP contribution in [0.2, 0.25) is 5.02 Å². The topological polar surface area (TPSA) is 96.3 Å². The Labute approximate surface area is 153 Å². The van der Waals surface area contributed by atoms with Gasteiger partial charge in [-0.25, -0.2) is 4.68 Å². The van der Waals surface area contributed by atoms with Crippen molar-refractivity contribution in [1.82, 2.24) is 9.78 Å². The number of hydrogen-bond acceptors (Lipinski definition) is 6. The molecule has 1 N–H and O–H groups in total. The molecule has 3 aromatic rings. The molecule has 0 radical (unpaired) electrons. The van der Waals surface area contributed by atoms with Gasteiger partial charge in [-0.15, -0.1) is 0 Å². The first-order valence-electron chi connectivity index (χ1n) is 7.52. The number of anilines is 2. The zero-order chi connectivity index (χ0) is 18.7. The maximum atomic E-state index is 12.5. The summed E-state index contributed by atoms with van der Waals surface area (Å²) in [5.41, 5.74) is 0.0697. The monoisotopic (exact) mass is 370 g/mol. The molecule has 0 spiro atoms. The number of aromatic carboxylic acids is 1. The fourth-order valence-electron chi connectivity index (χ4n) is 2.21. The van der Waals surface area contributed by atoms with E-state index in [1.165, 1.54) is 25.4 Å². The second kappa shape index (κ2) is 7.28. The third kappa shape index (κ3) is 3.84. The van der Waals surface area contributed by atoms with Crippen LogP contribution >= 0.6 is 11.6 Å². The minimum atomic E-state index is -1.31. The number of carboxylic acids is 1. The van der Waals surface area contributed by atoms with Crippen LogP contribution in [0.3, 0.4) is 0 Å². The van der Waals surface area contributed by atoms with Crippen molar-refractivity contribution in [2.75, 3.05) is 5.32 Å². The normalized spacial score (nSPS) is 10.4. The maximum Gasteiger partial charge on any atom is 0.294 e. The largest absolute Gasteiger partial charge is 0.545 e. The molecular weight excluding hydrogens is 358 g/mol. The lowest BCUT2D eigenvalue weighted by Gasteiger charge is -2.14. The van der Waals surface area contributed by atoms with Crippen molar-refractivity contribution in [3.63, 3.8) is 0 Å². The van der Waals surface area contributed by atoms with Gasteiger partial charge in [0.15, 0.2) is 11.4 Å². The second-order valence-electron chi connectivity index (χ2n) is 5.36. The number of benzene rings is 2. The standard InChI is InChI=1S/C18H14ClN3O4/c1-22-17(23)16(21-13-4-2-3-11(9-13)18(24)25)15(10-20-22)26-14-7-5-12(19)6-8-14/h2-10,21H,1H3,(H,24,25)/p-1. The van der Waals surface area contributed by atoms with Gasteiger partial charge in [0.2, 0.25) is 0 Å². The van der Waals surface area contributed by atoms with Gasteiger partial charge in [-0.2, -0.15) is 5.10 Å². The number of hydrogen-bond donors (Lipinski definition) is 1. The fourth-order valence-corrected chi connectivity index (χ4v) is 2.34. The first-order chi connectivity index (χ1) is 12.4. The molecular formula is C18H13ClN3O4-. The fraction of sp³-hybridized carbons (Fsp3) is 0.0556. The Bertz CT molecular complexity index is 1020.